The lowest BCUT2D eigenvalue weighted by Crippen LogP contribution is -2.13. The van der Waals surface area contributed by atoms with Crippen LogP contribution < -0.4 is 4.90 Å². The standard InChI is InChI=1S/C20H16BrN/c21-17-9-12-19(13-10-17)22(18-4-2-1-3-5-18)20-11-8-15-6-7-16(15)14-20/h1-5,8-14H,6-7H2. The van der Waals surface area contributed by atoms with Gasteiger partial charge in [0.25, 0.3) is 0 Å². The Bertz CT molecular complexity index is 794. The number of halogens is 1. The van der Waals surface area contributed by atoms with Crippen molar-refractivity contribution in [2.45, 2.75) is 12.8 Å². The molecular weight excluding hydrogens is 334 g/mol. The van der Waals surface area contributed by atoms with Crippen LogP contribution in [0, 0.1) is 0 Å². The van der Waals surface area contributed by atoms with E-state index in [-0.39, 0.29) is 0 Å². The average Bonchev–Trinajstić information content (AvgIpc) is 2.53. The summed E-state index contributed by atoms with van der Waals surface area (Å²) in [6.45, 7) is 0. The molecule has 0 aliphatic heterocycles. The lowest BCUT2D eigenvalue weighted by molar-refractivity contribution is 0.839. The SMILES string of the molecule is Brc1ccc(N(c2ccccc2)c2ccc3c(c2)CC3)cc1. The Kier molecular flexibility index (Phi) is 3.47. The molecule has 108 valence electrons. The van der Waals surface area contributed by atoms with Crippen LogP contribution in [0.4, 0.5) is 17.1 Å². The average molecular weight is 350 g/mol. The molecule has 0 amide bonds. The third kappa shape index (κ3) is 2.44. The second kappa shape index (κ2) is 5.62. The van der Waals surface area contributed by atoms with Gasteiger partial charge in [-0.05, 0) is 72.5 Å². The van der Waals surface area contributed by atoms with Crippen LogP contribution in [-0.2, 0) is 12.8 Å². The van der Waals surface area contributed by atoms with Crippen LogP contribution in [-0.4, -0.2) is 0 Å². The van der Waals surface area contributed by atoms with Crippen molar-refractivity contribution in [3.05, 3.63) is 88.4 Å². The highest BCUT2D eigenvalue weighted by Gasteiger charge is 2.17. The number of hydrogen-bond acceptors (Lipinski definition) is 1. The number of aryl methyl sites for hydroxylation is 2. The van der Waals surface area contributed by atoms with Crippen LogP contribution in [0.25, 0.3) is 0 Å². The molecule has 1 aliphatic carbocycles. The molecular formula is C20H16BrN. The van der Waals surface area contributed by atoms with Crippen molar-refractivity contribution in [1.82, 2.24) is 0 Å². The first kappa shape index (κ1) is 13.6. The van der Waals surface area contributed by atoms with Gasteiger partial charge in [-0.25, -0.2) is 0 Å². The first-order valence-corrected chi connectivity index (χ1v) is 8.33. The van der Waals surface area contributed by atoms with Gasteiger partial charge in [0, 0.05) is 21.5 Å². The minimum Gasteiger partial charge on any atom is -0.310 e. The quantitative estimate of drug-likeness (QED) is 0.558. The van der Waals surface area contributed by atoms with E-state index in [4.69, 9.17) is 0 Å². The molecule has 1 nitrogen and oxygen atoms in total. The summed E-state index contributed by atoms with van der Waals surface area (Å²) in [6, 6.07) is 25.8. The van der Waals surface area contributed by atoms with Crippen molar-refractivity contribution in [1.29, 1.82) is 0 Å². The highest BCUT2D eigenvalue weighted by Crippen LogP contribution is 2.37. The number of anilines is 3. The fourth-order valence-corrected chi connectivity index (χ4v) is 3.20. The Balaban J connectivity index is 1.84. The van der Waals surface area contributed by atoms with E-state index in [1.54, 1.807) is 0 Å². The van der Waals surface area contributed by atoms with Gasteiger partial charge in [0.2, 0.25) is 0 Å². The molecule has 3 aromatic carbocycles. The molecule has 1 aliphatic rings. The van der Waals surface area contributed by atoms with Gasteiger partial charge in [0.1, 0.15) is 0 Å². The number of nitrogens with zero attached hydrogens (tertiary/aromatic N) is 1. The monoisotopic (exact) mass is 349 g/mol. The number of rotatable bonds is 3. The summed E-state index contributed by atoms with van der Waals surface area (Å²) in [5.41, 5.74) is 6.56. The largest absolute Gasteiger partial charge is 0.310 e. The lowest BCUT2D eigenvalue weighted by Gasteiger charge is -2.28. The Morgan fingerprint density at radius 3 is 1.91 bits per heavy atom. The number of fused-ring (bicyclic) bond motifs is 1. The van der Waals surface area contributed by atoms with Crippen LogP contribution in [0.5, 0.6) is 0 Å². The summed E-state index contributed by atoms with van der Waals surface area (Å²) >= 11 is 3.52. The van der Waals surface area contributed by atoms with Crippen molar-refractivity contribution in [2.24, 2.45) is 0 Å². The van der Waals surface area contributed by atoms with E-state index in [9.17, 15) is 0 Å². The summed E-state index contributed by atoms with van der Waals surface area (Å²) in [7, 11) is 0. The normalized spacial score (nSPS) is 12.4. The van der Waals surface area contributed by atoms with Crippen LogP contribution in [0.15, 0.2) is 77.3 Å². The van der Waals surface area contributed by atoms with Crippen molar-refractivity contribution < 1.29 is 0 Å². The fraction of sp³-hybridized carbons (Fsp3) is 0.100. The highest BCUT2D eigenvalue weighted by molar-refractivity contribution is 9.10. The molecule has 0 radical (unpaired) electrons. The first-order chi connectivity index (χ1) is 10.8. The van der Waals surface area contributed by atoms with E-state index in [0.717, 1.165) is 4.47 Å². The van der Waals surface area contributed by atoms with Gasteiger partial charge in [-0.15, -0.1) is 0 Å². The summed E-state index contributed by atoms with van der Waals surface area (Å²) in [4.78, 5) is 2.31. The van der Waals surface area contributed by atoms with Crippen LogP contribution in [0.2, 0.25) is 0 Å². The molecule has 0 bridgehead atoms. The van der Waals surface area contributed by atoms with Crippen LogP contribution in [0.3, 0.4) is 0 Å². The molecule has 0 atom stereocenters. The third-order valence-electron chi connectivity index (χ3n) is 4.21. The third-order valence-corrected chi connectivity index (χ3v) is 4.74. The highest BCUT2D eigenvalue weighted by atomic mass is 79.9. The van der Waals surface area contributed by atoms with Crippen molar-refractivity contribution in [3.63, 3.8) is 0 Å². The Hall–Kier alpha value is -2.06. The molecule has 0 saturated carbocycles. The zero-order valence-electron chi connectivity index (χ0n) is 12.2. The van der Waals surface area contributed by atoms with E-state index in [1.165, 1.54) is 41.0 Å². The molecule has 0 spiro atoms. The summed E-state index contributed by atoms with van der Waals surface area (Å²) in [6.07, 6.45) is 2.42. The minimum atomic E-state index is 1.10. The number of para-hydroxylation sites is 1. The Morgan fingerprint density at radius 2 is 1.27 bits per heavy atom. The topological polar surface area (TPSA) is 3.24 Å². The molecule has 0 aromatic heterocycles. The molecule has 0 unspecified atom stereocenters. The fourth-order valence-electron chi connectivity index (χ4n) is 2.94. The van der Waals surface area contributed by atoms with E-state index >= 15 is 0 Å². The maximum atomic E-state index is 3.52. The zero-order valence-corrected chi connectivity index (χ0v) is 13.8. The Morgan fingerprint density at radius 1 is 0.636 bits per heavy atom. The molecule has 0 saturated heterocycles. The molecule has 2 heteroatoms. The van der Waals surface area contributed by atoms with Crippen LogP contribution in [0.1, 0.15) is 11.1 Å². The van der Waals surface area contributed by atoms with Crippen molar-refractivity contribution >= 4 is 33.0 Å². The predicted octanol–water partition coefficient (Wildman–Crippen LogP) is 6.02. The Labute approximate surface area is 139 Å². The first-order valence-electron chi connectivity index (χ1n) is 7.54. The number of hydrogen-bond donors (Lipinski definition) is 0. The van der Waals surface area contributed by atoms with Gasteiger partial charge >= 0.3 is 0 Å². The smallest absolute Gasteiger partial charge is 0.0464 e. The van der Waals surface area contributed by atoms with Gasteiger partial charge in [-0.2, -0.15) is 0 Å². The summed E-state index contributed by atoms with van der Waals surface area (Å²) < 4.78 is 1.10. The van der Waals surface area contributed by atoms with Gasteiger partial charge in [-0.3, -0.25) is 0 Å². The molecule has 0 fully saturated rings. The molecule has 4 rings (SSSR count). The second-order valence-electron chi connectivity index (χ2n) is 5.60. The number of benzene rings is 3. The maximum Gasteiger partial charge on any atom is 0.0464 e. The predicted molar refractivity (Wildman–Crippen MR) is 96.2 cm³/mol. The van der Waals surface area contributed by atoms with Crippen molar-refractivity contribution in [2.75, 3.05) is 4.90 Å². The molecule has 0 heterocycles. The van der Waals surface area contributed by atoms with Gasteiger partial charge in [0.05, 0.1) is 0 Å². The lowest BCUT2D eigenvalue weighted by atomic mass is 9.88. The second-order valence-corrected chi connectivity index (χ2v) is 6.52. The zero-order chi connectivity index (χ0) is 14.9. The van der Waals surface area contributed by atoms with Crippen molar-refractivity contribution in [3.8, 4) is 0 Å². The van der Waals surface area contributed by atoms with Gasteiger partial charge < -0.3 is 4.90 Å². The molecule has 22 heavy (non-hydrogen) atoms. The van der Waals surface area contributed by atoms with Gasteiger partial charge in [-0.1, -0.05) is 40.2 Å². The molecule has 0 N–H and O–H groups in total. The van der Waals surface area contributed by atoms with E-state index in [2.05, 4.69) is 93.6 Å². The summed E-state index contributed by atoms with van der Waals surface area (Å²) in [5.74, 6) is 0. The minimum absolute atomic E-state index is 1.10. The summed E-state index contributed by atoms with van der Waals surface area (Å²) in [5, 5.41) is 0. The molecule has 3 aromatic rings. The maximum absolute atomic E-state index is 3.52. The van der Waals surface area contributed by atoms with Crippen LogP contribution >= 0.6 is 15.9 Å². The van der Waals surface area contributed by atoms with E-state index in [1.807, 2.05) is 0 Å². The van der Waals surface area contributed by atoms with E-state index < -0.39 is 0 Å². The van der Waals surface area contributed by atoms with Gasteiger partial charge in [0.15, 0.2) is 0 Å². The van der Waals surface area contributed by atoms with E-state index in [0.29, 0.717) is 0 Å².